The molecule has 11 nitrogen and oxygen atoms in total. The maximum Gasteiger partial charge on any atom is 0.242 e. The molecule has 3 aromatic heterocycles. The number of aryl methyl sites for hydroxylation is 2. The number of carbonyl (C=O) groups is 4. The SMILES string of the molecule is Cc1c(-c2cc(N3C(=O)[C@@H]4C[C@@H]5C(=CC[C@@H]6C(=O)N(c7ccc(-c8nc9ccccc9o8)cc7)C(=O)[C@@H]65)[C@H](c5ccc(O)cc5)[C@]4(C)C3=O)n(C)n2)sc2ccc(Cl)cc12. The fourth-order valence-corrected chi connectivity index (χ4v) is 11.8. The van der Waals surface area contributed by atoms with Crippen molar-refractivity contribution in [2.45, 2.75) is 32.6 Å². The number of para-hydroxylation sites is 2. The Morgan fingerprint density at radius 2 is 1.65 bits per heavy atom. The first kappa shape index (κ1) is 36.7. The van der Waals surface area contributed by atoms with Crippen LogP contribution in [0, 0.1) is 36.0 Å². The molecule has 6 atom stereocenters. The van der Waals surface area contributed by atoms with E-state index >= 15 is 4.79 Å². The highest BCUT2D eigenvalue weighted by atomic mass is 35.5. The summed E-state index contributed by atoms with van der Waals surface area (Å²) in [4.78, 5) is 67.1. The minimum absolute atomic E-state index is 0.0662. The van der Waals surface area contributed by atoms with Crippen molar-refractivity contribution in [3.05, 3.63) is 125 Å². The lowest BCUT2D eigenvalue weighted by Crippen LogP contribution is -2.48. The van der Waals surface area contributed by atoms with Crippen LogP contribution in [0.2, 0.25) is 5.02 Å². The van der Waals surface area contributed by atoms with Gasteiger partial charge in [0.15, 0.2) is 5.58 Å². The molecule has 7 aromatic rings. The van der Waals surface area contributed by atoms with Gasteiger partial charge in [0, 0.05) is 34.3 Å². The number of rotatable bonds is 5. The molecular formula is C47H36ClN5O6S. The highest BCUT2D eigenvalue weighted by molar-refractivity contribution is 7.22. The maximum absolute atomic E-state index is 15.1. The van der Waals surface area contributed by atoms with E-state index in [1.54, 1.807) is 77.7 Å². The largest absolute Gasteiger partial charge is 0.508 e. The number of fused-ring (bicyclic) bond motifs is 6. The molecule has 0 spiro atoms. The maximum atomic E-state index is 15.1. The zero-order valence-corrected chi connectivity index (χ0v) is 34.2. The van der Waals surface area contributed by atoms with Gasteiger partial charge in [-0.2, -0.15) is 5.10 Å². The number of phenols is 1. The van der Waals surface area contributed by atoms with Gasteiger partial charge in [-0.25, -0.2) is 9.88 Å². The fourth-order valence-electron chi connectivity index (χ4n) is 10.5. The fraction of sp³-hybridized carbons (Fsp3) is 0.234. The van der Waals surface area contributed by atoms with E-state index in [0.29, 0.717) is 45.7 Å². The quantitative estimate of drug-likeness (QED) is 0.134. The van der Waals surface area contributed by atoms with Crippen LogP contribution in [0.1, 0.15) is 36.8 Å². The van der Waals surface area contributed by atoms with Crippen LogP contribution in [0.5, 0.6) is 5.75 Å². The molecule has 5 heterocycles. The number of amides is 4. The van der Waals surface area contributed by atoms with Crippen molar-refractivity contribution in [1.82, 2.24) is 14.8 Å². The number of oxazole rings is 1. The van der Waals surface area contributed by atoms with Crippen LogP contribution in [0.4, 0.5) is 11.5 Å². The molecule has 0 unspecified atom stereocenters. The predicted molar refractivity (Wildman–Crippen MR) is 228 cm³/mol. The molecule has 0 bridgehead atoms. The number of hydrogen-bond donors (Lipinski definition) is 1. The highest BCUT2D eigenvalue weighted by Crippen LogP contribution is 2.64. The normalized spacial score (nSPS) is 25.0. The number of carbonyl (C=O) groups excluding carboxylic acids is 4. The lowest BCUT2D eigenvalue weighted by molar-refractivity contribution is -0.131. The van der Waals surface area contributed by atoms with Crippen LogP contribution < -0.4 is 9.80 Å². The molecule has 11 rings (SSSR count). The third kappa shape index (κ3) is 5.13. The molecule has 0 radical (unpaired) electrons. The summed E-state index contributed by atoms with van der Waals surface area (Å²) in [6, 6.07) is 28.8. The number of allylic oxidation sites excluding steroid dienone is 2. The van der Waals surface area contributed by atoms with E-state index in [2.05, 4.69) is 4.98 Å². The van der Waals surface area contributed by atoms with Crippen LogP contribution in [0.15, 0.2) is 113 Å². The van der Waals surface area contributed by atoms with Gasteiger partial charge < -0.3 is 9.52 Å². The first-order valence-corrected chi connectivity index (χ1v) is 21.1. The molecule has 2 saturated heterocycles. The van der Waals surface area contributed by atoms with E-state index in [9.17, 15) is 19.5 Å². The van der Waals surface area contributed by atoms with Gasteiger partial charge in [-0.1, -0.05) is 47.5 Å². The molecule has 298 valence electrons. The molecule has 60 heavy (non-hydrogen) atoms. The Bertz CT molecular complexity index is 3010. The highest BCUT2D eigenvalue weighted by Gasteiger charge is 2.68. The van der Waals surface area contributed by atoms with Crippen molar-refractivity contribution >= 4 is 79.3 Å². The Balaban J connectivity index is 0.957. The number of anilines is 2. The molecule has 4 amide bonds. The Labute approximate surface area is 352 Å². The second-order valence-corrected chi connectivity index (χ2v) is 18.0. The molecular weight excluding hydrogens is 798 g/mol. The smallest absolute Gasteiger partial charge is 0.242 e. The van der Waals surface area contributed by atoms with Crippen LogP contribution in [-0.2, 0) is 26.2 Å². The summed E-state index contributed by atoms with van der Waals surface area (Å²) in [6.45, 7) is 3.86. The number of thiophene rings is 1. The molecule has 2 aliphatic heterocycles. The van der Waals surface area contributed by atoms with Gasteiger partial charge in [-0.3, -0.25) is 28.8 Å². The van der Waals surface area contributed by atoms with Gasteiger partial charge >= 0.3 is 0 Å². The zero-order valence-electron chi connectivity index (χ0n) is 32.6. The van der Waals surface area contributed by atoms with Crippen molar-refractivity contribution < 1.29 is 28.7 Å². The van der Waals surface area contributed by atoms with E-state index in [0.717, 1.165) is 37.2 Å². The molecule has 13 heteroatoms. The third-order valence-electron chi connectivity index (χ3n) is 13.4. The average Bonchev–Trinajstić information content (AvgIpc) is 4.03. The topological polar surface area (TPSA) is 139 Å². The van der Waals surface area contributed by atoms with E-state index in [-0.39, 0.29) is 35.8 Å². The summed E-state index contributed by atoms with van der Waals surface area (Å²) < 4.78 is 8.58. The Morgan fingerprint density at radius 1 is 0.883 bits per heavy atom. The van der Waals surface area contributed by atoms with Crippen LogP contribution in [0.25, 0.3) is 43.2 Å². The summed E-state index contributed by atoms with van der Waals surface area (Å²) in [5, 5.41) is 16.8. The van der Waals surface area contributed by atoms with Gasteiger partial charge in [0.25, 0.3) is 0 Å². The Hall–Kier alpha value is -6.37. The monoisotopic (exact) mass is 833 g/mol. The van der Waals surface area contributed by atoms with Crippen molar-refractivity contribution in [2.75, 3.05) is 9.80 Å². The molecule has 2 aliphatic carbocycles. The molecule has 4 aliphatic rings. The number of hydrogen-bond acceptors (Lipinski definition) is 9. The summed E-state index contributed by atoms with van der Waals surface area (Å²) in [5.41, 5.74) is 4.53. The van der Waals surface area contributed by atoms with Crippen molar-refractivity contribution in [3.63, 3.8) is 0 Å². The summed E-state index contributed by atoms with van der Waals surface area (Å²) in [7, 11) is 1.73. The van der Waals surface area contributed by atoms with Crippen LogP contribution in [0.3, 0.4) is 0 Å². The van der Waals surface area contributed by atoms with Gasteiger partial charge in [0.2, 0.25) is 29.5 Å². The van der Waals surface area contributed by atoms with Gasteiger partial charge in [0.05, 0.1) is 33.7 Å². The lowest BCUT2D eigenvalue weighted by atomic mass is 9.51. The van der Waals surface area contributed by atoms with Crippen molar-refractivity contribution in [2.24, 2.45) is 36.1 Å². The standard InChI is InChI=1S/C47H36ClN5O6S/c1-23-31-20-26(48)12-19-37(31)60-41(23)35-22-38(51(3)50-35)53-44(56)33-21-32-29(40(47(33,2)46(53)58)24-10-15-28(54)16-11-24)17-18-30-39(32)45(57)52(43(30)55)27-13-8-25(9-14-27)42-49-34-6-4-5-7-36(34)59-42/h4-17,19-20,22,30,32-33,39-40,54H,18,21H2,1-3H3/t30-,32+,33-,39-,40-,47+/m0/s1. The van der Waals surface area contributed by atoms with Crippen LogP contribution in [-0.4, -0.2) is 43.5 Å². The Kier molecular flexibility index (Phi) is 7.99. The van der Waals surface area contributed by atoms with E-state index < -0.39 is 35.0 Å². The zero-order chi connectivity index (χ0) is 41.4. The van der Waals surface area contributed by atoms with Crippen LogP contribution >= 0.6 is 22.9 Å². The van der Waals surface area contributed by atoms with Gasteiger partial charge in [-0.05, 0) is 116 Å². The number of aromatic nitrogens is 3. The molecule has 3 fully saturated rings. The average molecular weight is 834 g/mol. The van der Waals surface area contributed by atoms with E-state index in [1.807, 2.05) is 62.4 Å². The molecule has 1 N–H and O–H groups in total. The first-order valence-electron chi connectivity index (χ1n) is 19.9. The van der Waals surface area contributed by atoms with E-state index in [4.69, 9.17) is 21.1 Å². The summed E-state index contributed by atoms with van der Waals surface area (Å²) >= 11 is 7.91. The van der Waals surface area contributed by atoms with Crippen molar-refractivity contribution in [1.29, 1.82) is 0 Å². The first-order chi connectivity index (χ1) is 28.9. The second kappa shape index (κ2) is 13.1. The number of nitrogens with zero attached hydrogens (tertiary/aromatic N) is 5. The second-order valence-electron chi connectivity index (χ2n) is 16.5. The summed E-state index contributed by atoms with van der Waals surface area (Å²) in [6.07, 6.45) is 2.54. The third-order valence-corrected chi connectivity index (χ3v) is 14.9. The number of phenolic OH excluding ortho intramolecular Hbond substituents is 1. The number of benzene rings is 4. The van der Waals surface area contributed by atoms with Gasteiger partial charge in [0.1, 0.15) is 22.8 Å². The minimum atomic E-state index is -1.25. The van der Waals surface area contributed by atoms with E-state index in [1.165, 1.54) is 9.80 Å². The molecule has 1 saturated carbocycles. The van der Waals surface area contributed by atoms with Gasteiger partial charge in [-0.15, -0.1) is 11.3 Å². The number of aromatic hydroxyl groups is 1. The molecule has 4 aromatic carbocycles. The number of imide groups is 2. The Morgan fingerprint density at radius 3 is 2.42 bits per heavy atom. The number of halogens is 1. The minimum Gasteiger partial charge on any atom is -0.508 e. The van der Waals surface area contributed by atoms with Crippen molar-refractivity contribution in [3.8, 4) is 27.8 Å². The lowest BCUT2D eigenvalue weighted by Gasteiger charge is -2.49. The summed E-state index contributed by atoms with van der Waals surface area (Å²) in [5.74, 6) is -3.78. The predicted octanol–water partition coefficient (Wildman–Crippen LogP) is 9.21.